The summed E-state index contributed by atoms with van der Waals surface area (Å²) in [6, 6.07) is 15.4. The number of benzene rings is 3. The van der Waals surface area contributed by atoms with E-state index in [9.17, 15) is 4.79 Å². The van der Waals surface area contributed by atoms with Crippen LogP contribution < -0.4 is 38.1 Å². The van der Waals surface area contributed by atoms with Crippen LogP contribution in [0.1, 0.15) is 37.8 Å². The zero-order valence-electron chi connectivity index (χ0n) is 30.2. The first-order chi connectivity index (χ1) is 23.9. The Bertz CT molecular complexity index is 1470. The highest BCUT2D eigenvalue weighted by Crippen LogP contribution is 2.38. The second-order valence-electron chi connectivity index (χ2n) is 11.9. The van der Waals surface area contributed by atoms with E-state index in [0.29, 0.717) is 60.0 Å². The van der Waals surface area contributed by atoms with Gasteiger partial charge in [-0.3, -0.25) is 14.6 Å². The van der Waals surface area contributed by atoms with Crippen molar-refractivity contribution in [2.24, 2.45) is 0 Å². The predicted octanol–water partition coefficient (Wildman–Crippen LogP) is 5.70. The van der Waals surface area contributed by atoms with Gasteiger partial charge < -0.3 is 38.1 Å². The summed E-state index contributed by atoms with van der Waals surface area (Å²) in [6.45, 7) is 10.9. The van der Waals surface area contributed by atoms with Gasteiger partial charge in [0.2, 0.25) is 11.7 Å². The van der Waals surface area contributed by atoms with Crippen molar-refractivity contribution in [1.29, 1.82) is 0 Å². The highest BCUT2D eigenvalue weighted by Gasteiger charge is 2.23. The van der Waals surface area contributed by atoms with Crippen LogP contribution in [0.3, 0.4) is 0 Å². The van der Waals surface area contributed by atoms with E-state index >= 15 is 0 Å². The van der Waals surface area contributed by atoms with Gasteiger partial charge in [0.1, 0.15) is 0 Å². The van der Waals surface area contributed by atoms with Crippen molar-refractivity contribution in [2.45, 2.75) is 39.7 Å². The Kier molecular flexibility index (Phi) is 14.5. The van der Waals surface area contributed by atoms with Gasteiger partial charge in [0.05, 0.1) is 55.2 Å². The van der Waals surface area contributed by atoms with Crippen LogP contribution in [0.25, 0.3) is 0 Å². The molecule has 3 aromatic carbocycles. The Morgan fingerprint density at radius 2 is 1.16 bits per heavy atom. The third kappa shape index (κ3) is 10.1. The molecule has 0 radical (unpaired) electrons. The van der Waals surface area contributed by atoms with E-state index in [4.69, 9.17) is 33.2 Å². The van der Waals surface area contributed by atoms with Crippen LogP contribution in [0.2, 0.25) is 0 Å². The maximum Gasteiger partial charge on any atom is 0.231 e. The number of carbonyl (C=O) groups is 1. The molecule has 268 valence electrons. The van der Waals surface area contributed by atoms with Crippen molar-refractivity contribution >= 4 is 11.6 Å². The first-order valence-corrected chi connectivity index (χ1v) is 17.0. The van der Waals surface area contributed by atoms with Gasteiger partial charge in [0.15, 0.2) is 34.5 Å². The zero-order valence-corrected chi connectivity index (χ0v) is 30.2. The minimum absolute atomic E-state index is 0.0189. The van der Waals surface area contributed by atoms with Gasteiger partial charge in [0, 0.05) is 57.6 Å². The predicted molar refractivity (Wildman–Crippen MR) is 191 cm³/mol. The van der Waals surface area contributed by atoms with Gasteiger partial charge >= 0.3 is 0 Å². The smallest absolute Gasteiger partial charge is 0.231 e. The number of hydrogen-bond acceptors (Lipinski definition) is 10. The van der Waals surface area contributed by atoms with Crippen LogP contribution in [-0.2, 0) is 17.8 Å². The van der Waals surface area contributed by atoms with E-state index in [2.05, 4.69) is 23.6 Å². The van der Waals surface area contributed by atoms with Gasteiger partial charge in [-0.1, -0.05) is 19.9 Å². The van der Waals surface area contributed by atoms with Gasteiger partial charge in [-0.05, 0) is 60.4 Å². The minimum atomic E-state index is -0.0189. The molecular formula is C38H53N3O8. The molecule has 0 unspecified atom stereocenters. The molecule has 1 heterocycles. The quantitative estimate of drug-likeness (QED) is 0.157. The summed E-state index contributed by atoms with van der Waals surface area (Å²) in [5.41, 5.74) is 2.72. The molecule has 1 amide bonds. The molecule has 0 bridgehead atoms. The number of amides is 1. The van der Waals surface area contributed by atoms with E-state index in [-0.39, 0.29) is 12.3 Å². The molecule has 4 rings (SSSR count). The first-order valence-electron chi connectivity index (χ1n) is 17.0. The Balaban J connectivity index is 1.46. The van der Waals surface area contributed by atoms with Gasteiger partial charge in [-0.2, -0.15) is 0 Å². The zero-order chi connectivity index (χ0) is 35.2. The maximum absolute atomic E-state index is 14.0. The molecule has 1 fully saturated rings. The summed E-state index contributed by atoms with van der Waals surface area (Å²) in [5, 5.41) is 0. The fraction of sp³-hybridized carbons (Fsp3) is 0.500. The van der Waals surface area contributed by atoms with Crippen molar-refractivity contribution in [3.8, 4) is 40.2 Å². The molecule has 1 saturated heterocycles. The van der Waals surface area contributed by atoms with Crippen LogP contribution in [-0.4, -0.2) is 104 Å². The molecule has 1 aliphatic heterocycles. The molecule has 0 aromatic heterocycles. The topological polar surface area (TPSA) is 91.4 Å². The number of methoxy groups -OCH3 is 5. The fourth-order valence-electron chi connectivity index (χ4n) is 5.87. The third-order valence-electron chi connectivity index (χ3n) is 8.50. The number of nitrogens with zero attached hydrogens (tertiary/aromatic N) is 3. The lowest BCUT2D eigenvalue weighted by atomic mass is 10.1. The Morgan fingerprint density at radius 1 is 0.633 bits per heavy atom. The summed E-state index contributed by atoms with van der Waals surface area (Å²) in [5.74, 6) is 4.44. The second kappa shape index (κ2) is 19.0. The van der Waals surface area contributed by atoms with E-state index in [1.54, 1.807) is 35.5 Å². The van der Waals surface area contributed by atoms with Crippen molar-refractivity contribution < 1.29 is 38.0 Å². The van der Waals surface area contributed by atoms with E-state index in [1.165, 1.54) is 0 Å². The molecule has 49 heavy (non-hydrogen) atoms. The number of carbonyl (C=O) groups excluding carboxylic acids is 1. The van der Waals surface area contributed by atoms with E-state index in [1.807, 2.05) is 53.4 Å². The fourth-order valence-corrected chi connectivity index (χ4v) is 5.87. The minimum Gasteiger partial charge on any atom is -0.493 e. The van der Waals surface area contributed by atoms with Crippen LogP contribution in [0.5, 0.6) is 40.2 Å². The molecule has 3 aromatic rings. The van der Waals surface area contributed by atoms with E-state index < -0.39 is 0 Å². The largest absolute Gasteiger partial charge is 0.493 e. The van der Waals surface area contributed by atoms with Crippen LogP contribution in [0, 0.1) is 0 Å². The molecule has 11 nitrogen and oxygen atoms in total. The summed E-state index contributed by atoms with van der Waals surface area (Å²) < 4.78 is 39.6. The molecule has 0 spiro atoms. The summed E-state index contributed by atoms with van der Waals surface area (Å²) >= 11 is 0. The SMILES string of the molecule is CCCOc1ccc(CC(=O)N(CCN2CCN(Cc3cc(OC)c(OC)c(OC)c3)CC2)c2ccc(OCCC)c(OC)c2)cc1OC. The molecule has 0 saturated carbocycles. The molecule has 0 aliphatic carbocycles. The van der Waals surface area contributed by atoms with Crippen molar-refractivity contribution in [2.75, 3.05) is 92.9 Å². The third-order valence-corrected chi connectivity index (χ3v) is 8.50. The summed E-state index contributed by atoms with van der Waals surface area (Å²) in [4.78, 5) is 20.7. The standard InChI is InChI=1S/C38H53N3O8/c1-8-20-48-31-12-10-28(22-33(31)43-3)25-37(42)41(30-11-13-32(49-21-9-2)34(26-30)44-4)19-18-39-14-16-40(17-15-39)27-29-23-35(45-5)38(47-7)36(24-29)46-6/h10-13,22-24,26H,8-9,14-21,25,27H2,1-7H3. The van der Waals surface area contributed by atoms with Crippen LogP contribution in [0.4, 0.5) is 5.69 Å². The number of piperazine rings is 1. The number of anilines is 1. The Labute approximate surface area is 291 Å². The van der Waals surface area contributed by atoms with Crippen LogP contribution >= 0.6 is 0 Å². The van der Waals surface area contributed by atoms with Crippen LogP contribution in [0.15, 0.2) is 48.5 Å². The van der Waals surface area contributed by atoms with Gasteiger partial charge in [-0.25, -0.2) is 0 Å². The molecule has 11 heteroatoms. The number of hydrogen-bond donors (Lipinski definition) is 0. The lowest BCUT2D eigenvalue weighted by Crippen LogP contribution is -2.48. The van der Waals surface area contributed by atoms with Crippen molar-refractivity contribution in [1.82, 2.24) is 9.80 Å². The van der Waals surface area contributed by atoms with Crippen molar-refractivity contribution in [3.05, 3.63) is 59.7 Å². The van der Waals surface area contributed by atoms with Gasteiger partial charge in [0.25, 0.3) is 0 Å². The highest BCUT2D eigenvalue weighted by molar-refractivity contribution is 5.95. The van der Waals surface area contributed by atoms with E-state index in [0.717, 1.165) is 68.9 Å². The second-order valence-corrected chi connectivity index (χ2v) is 11.9. The highest BCUT2D eigenvalue weighted by atomic mass is 16.5. The normalized spacial score (nSPS) is 13.4. The van der Waals surface area contributed by atoms with Crippen molar-refractivity contribution in [3.63, 3.8) is 0 Å². The van der Waals surface area contributed by atoms with Gasteiger partial charge in [-0.15, -0.1) is 0 Å². The summed E-state index contributed by atoms with van der Waals surface area (Å²) in [6.07, 6.45) is 1.99. The maximum atomic E-state index is 14.0. The molecule has 0 atom stereocenters. The summed E-state index contributed by atoms with van der Waals surface area (Å²) in [7, 11) is 8.12. The first kappa shape index (κ1) is 37.5. The molecule has 0 N–H and O–H groups in total. The average Bonchev–Trinajstić information content (AvgIpc) is 3.13. The molecule has 1 aliphatic rings. The number of rotatable bonds is 19. The number of ether oxygens (including phenoxy) is 7. The Morgan fingerprint density at radius 3 is 1.71 bits per heavy atom. The molecular weight excluding hydrogens is 626 g/mol. The Hall–Kier alpha value is -4.35. The lowest BCUT2D eigenvalue weighted by molar-refractivity contribution is -0.118. The monoisotopic (exact) mass is 679 g/mol. The lowest BCUT2D eigenvalue weighted by Gasteiger charge is -2.36. The average molecular weight is 680 g/mol.